The molecule has 2 saturated heterocycles. The Hall–Kier alpha value is -1.14. The largest absolute Gasteiger partial charge is 0.497 e. The van der Waals surface area contributed by atoms with Crippen LogP contribution in [0.25, 0.3) is 0 Å². The molecule has 144 valence electrons. The normalized spacial score (nSPS) is 29.3. The van der Waals surface area contributed by atoms with Crippen molar-refractivity contribution in [1.29, 1.82) is 0 Å². The van der Waals surface area contributed by atoms with E-state index < -0.39 is 0 Å². The van der Waals surface area contributed by atoms with Gasteiger partial charge in [-0.25, -0.2) is 0 Å². The molecular weight excluding hydrogens is 328 g/mol. The summed E-state index contributed by atoms with van der Waals surface area (Å²) in [5.41, 5.74) is 1.34. The van der Waals surface area contributed by atoms with Gasteiger partial charge in [-0.15, -0.1) is 0 Å². The maximum absolute atomic E-state index is 5.74. The van der Waals surface area contributed by atoms with Crippen LogP contribution >= 0.6 is 0 Å². The number of hydrogen-bond acceptors (Lipinski definition) is 5. The highest BCUT2D eigenvalue weighted by molar-refractivity contribution is 5.34. The van der Waals surface area contributed by atoms with E-state index in [4.69, 9.17) is 14.2 Å². The first kappa shape index (κ1) is 18.2. The molecule has 3 aliphatic rings. The maximum Gasteiger partial charge on any atom is 0.118 e. The maximum atomic E-state index is 5.74. The second-order valence-electron chi connectivity index (χ2n) is 7.93. The Morgan fingerprint density at radius 3 is 2.35 bits per heavy atom. The summed E-state index contributed by atoms with van der Waals surface area (Å²) in [6.45, 7) is 5.45. The fourth-order valence-corrected chi connectivity index (χ4v) is 4.97. The van der Waals surface area contributed by atoms with Crippen molar-refractivity contribution in [2.45, 2.75) is 43.3 Å². The highest BCUT2D eigenvalue weighted by atomic mass is 16.5. The van der Waals surface area contributed by atoms with Gasteiger partial charge in [0, 0.05) is 25.2 Å². The van der Waals surface area contributed by atoms with E-state index in [0.29, 0.717) is 12.1 Å². The lowest BCUT2D eigenvalue weighted by atomic mass is 9.80. The Morgan fingerprint density at radius 2 is 1.73 bits per heavy atom. The summed E-state index contributed by atoms with van der Waals surface area (Å²) in [4.78, 5) is 5.31. The zero-order valence-corrected chi connectivity index (χ0v) is 16.2. The second-order valence-corrected chi connectivity index (χ2v) is 7.93. The molecular formula is C21H32N2O3. The van der Waals surface area contributed by atoms with Gasteiger partial charge in [-0.3, -0.25) is 9.80 Å². The molecule has 0 aromatic heterocycles. The van der Waals surface area contributed by atoms with Gasteiger partial charge in [0.05, 0.1) is 39.1 Å². The smallest absolute Gasteiger partial charge is 0.118 e. The number of benzene rings is 1. The number of rotatable bonds is 5. The Labute approximate surface area is 157 Å². The molecule has 0 spiro atoms. The van der Waals surface area contributed by atoms with Crippen molar-refractivity contribution in [3.63, 3.8) is 0 Å². The van der Waals surface area contributed by atoms with E-state index in [2.05, 4.69) is 41.1 Å². The fraction of sp³-hybridized carbons (Fsp3) is 0.714. The van der Waals surface area contributed by atoms with Crippen LogP contribution in [-0.2, 0) is 15.0 Å². The molecule has 5 nitrogen and oxygen atoms in total. The van der Waals surface area contributed by atoms with Crippen LogP contribution in [0.1, 0.15) is 31.2 Å². The highest BCUT2D eigenvalue weighted by Crippen LogP contribution is 2.40. The van der Waals surface area contributed by atoms with Crippen LogP contribution in [0.2, 0.25) is 0 Å². The van der Waals surface area contributed by atoms with E-state index >= 15 is 0 Å². The van der Waals surface area contributed by atoms with Crippen molar-refractivity contribution in [2.24, 2.45) is 0 Å². The van der Waals surface area contributed by atoms with Crippen LogP contribution in [-0.4, -0.2) is 75.6 Å². The highest BCUT2D eigenvalue weighted by Gasteiger charge is 2.49. The Morgan fingerprint density at radius 1 is 1.04 bits per heavy atom. The van der Waals surface area contributed by atoms with Gasteiger partial charge in [-0.1, -0.05) is 25.0 Å². The SMILES string of the molecule is COc1ccc(C2(N(C)[C@@H]3CCCC[C@H]3N3CCOCC3)COC2)cc1. The Kier molecular flexibility index (Phi) is 5.50. The minimum Gasteiger partial charge on any atom is -0.497 e. The lowest BCUT2D eigenvalue weighted by Crippen LogP contribution is -2.65. The van der Waals surface area contributed by atoms with Crippen LogP contribution in [0.5, 0.6) is 5.75 Å². The van der Waals surface area contributed by atoms with Crippen molar-refractivity contribution in [2.75, 3.05) is 53.7 Å². The molecule has 2 heterocycles. The van der Waals surface area contributed by atoms with Crippen LogP contribution in [0, 0.1) is 0 Å². The van der Waals surface area contributed by atoms with Crippen molar-refractivity contribution >= 4 is 0 Å². The number of morpholine rings is 1. The summed E-state index contributed by atoms with van der Waals surface area (Å²) in [7, 11) is 4.04. The summed E-state index contributed by atoms with van der Waals surface area (Å²) in [6, 6.07) is 9.78. The van der Waals surface area contributed by atoms with Gasteiger partial charge in [0.2, 0.25) is 0 Å². The lowest BCUT2D eigenvalue weighted by Gasteiger charge is -2.55. The monoisotopic (exact) mass is 360 g/mol. The van der Waals surface area contributed by atoms with Crippen molar-refractivity contribution < 1.29 is 14.2 Å². The third-order valence-corrected chi connectivity index (χ3v) is 6.69. The predicted octanol–water partition coefficient (Wildman–Crippen LogP) is 2.50. The molecule has 5 heteroatoms. The van der Waals surface area contributed by atoms with Gasteiger partial charge in [0.1, 0.15) is 5.75 Å². The first-order chi connectivity index (χ1) is 12.7. The lowest BCUT2D eigenvalue weighted by molar-refractivity contribution is -0.164. The zero-order valence-electron chi connectivity index (χ0n) is 16.2. The van der Waals surface area contributed by atoms with E-state index in [-0.39, 0.29) is 5.54 Å². The van der Waals surface area contributed by atoms with Crippen molar-refractivity contribution in [1.82, 2.24) is 9.80 Å². The van der Waals surface area contributed by atoms with Crippen LogP contribution in [0.15, 0.2) is 24.3 Å². The fourth-order valence-electron chi connectivity index (χ4n) is 4.97. The van der Waals surface area contributed by atoms with Crippen LogP contribution in [0.3, 0.4) is 0 Å². The van der Waals surface area contributed by atoms with Crippen LogP contribution in [0.4, 0.5) is 0 Å². The first-order valence-corrected chi connectivity index (χ1v) is 10.0. The first-order valence-electron chi connectivity index (χ1n) is 10.0. The van der Waals surface area contributed by atoms with Gasteiger partial charge >= 0.3 is 0 Å². The summed E-state index contributed by atoms with van der Waals surface area (Å²) in [5, 5.41) is 0. The van der Waals surface area contributed by atoms with E-state index in [1.165, 1.54) is 31.2 Å². The van der Waals surface area contributed by atoms with Crippen molar-refractivity contribution in [3.05, 3.63) is 29.8 Å². The van der Waals surface area contributed by atoms with E-state index in [1.807, 2.05) is 0 Å². The number of hydrogen-bond donors (Lipinski definition) is 0. The summed E-state index contributed by atoms with van der Waals surface area (Å²) in [6.07, 6.45) is 5.25. The molecule has 2 aliphatic heterocycles. The molecule has 1 aromatic carbocycles. The molecule has 1 saturated carbocycles. The molecule has 0 radical (unpaired) electrons. The molecule has 2 atom stereocenters. The van der Waals surface area contributed by atoms with Gasteiger partial charge in [-0.2, -0.15) is 0 Å². The van der Waals surface area contributed by atoms with Crippen LogP contribution < -0.4 is 4.74 Å². The average Bonchev–Trinajstić information content (AvgIpc) is 2.68. The standard InChI is InChI=1S/C21H32N2O3/c1-22(19-5-3-4-6-20(19)23-11-13-25-14-12-23)21(15-26-16-21)17-7-9-18(24-2)10-8-17/h7-10,19-20H,3-6,11-16H2,1-2H3/t19-,20-/m1/s1. The number of likely N-dealkylation sites (N-methyl/N-ethyl adjacent to an activating group) is 1. The van der Waals surface area contributed by atoms with Gasteiger partial charge < -0.3 is 14.2 Å². The number of methoxy groups -OCH3 is 1. The molecule has 3 fully saturated rings. The quantitative estimate of drug-likeness (QED) is 0.806. The topological polar surface area (TPSA) is 34.2 Å². The molecule has 0 bridgehead atoms. The summed E-state index contributed by atoms with van der Waals surface area (Å²) >= 11 is 0. The van der Waals surface area contributed by atoms with E-state index in [0.717, 1.165) is 45.3 Å². The average molecular weight is 360 g/mol. The minimum absolute atomic E-state index is 0.00118. The van der Waals surface area contributed by atoms with Gasteiger partial charge in [0.15, 0.2) is 0 Å². The third-order valence-electron chi connectivity index (χ3n) is 6.69. The van der Waals surface area contributed by atoms with E-state index in [1.54, 1.807) is 7.11 Å². The molecule has 1 aliphatic carbocycles. The minimum atomic E-state index is -0.00118. The molecule has 0 amide bonds. The molecule has 4 rings (SSSR count). The number of nitrogens with zero attached hydrogens (tertiary/aromatic N) is 2. The third kappa shape index (κ3) is 3.26. The number of ether oxygens (including phenoxy) is 3. The predicted molar refractivity (Wildman–Crippen MR) is 102 cm³/mol. The van der Waals surface area contributed by atoms with Crippen molar-refractivity contribution in [3.8, 4) is 5.75 Å². The Balaban J connectivity index is 1.57. The molecule has 1 aromatic rings. The van der Waals surface area contributed by atoms with Gasteiger partial charge in [0.25, 0.3) is 0 Å². The summed E-state index contributed by atoms with van der Waals surface area (Å²) < 4.78 is 16.7. The van der Waals surface area contributed by atoms with E-state index in [9.17, 15) is 0 Å². The van der Waals surface area contributed by atoms with Gasteiger partial charge in [-0.05, 0) is 37.6 Å². The molecule has 26 heavy (non-hydrogen) atoms. The zero-order chi connectivity index (χ0) is 18.0. The molecule has 0 N–H and O–H groups in total. The Bertz CT molecular complexity index is 581. The summed E-state index contributed by atoms with van der Waals surface area (Å²) in [5.74, 6) is 0.913. The second kappa shape index (κ2) is 7.85. The molecule has 0 unspecified atom stereocenters.